The summed E-state index contributed by atoms with van der Waals surface area (Å²) in [5, 5.41) is 16.7. The SMILES string of the molecule is Cc1cc(C)n([B-](n2nc(C)cc2C)n2nc(C)cc2C)n1.[CH2-]Cc1[c-]cccc1.[C]1C=CC=CN1.[Ir+3]. The maximum Gasteiger partial charge on any atom is 3.00 e. The van der Waals surface area contributed by atoms with Crippen molar-refractivity contribution in [2.45, 2.75) is 48.0 Å². The van der Waals surface area contributed by atoms with Gasteiger partial charge in [-0.25, -0.2) is 15.3 Å². The monoisotopic (exact) mass is 672 g/mol. The Labute approximate surface area is 235 Å². The second-order valence-electron chi connectivity index (χ2n) is 8.61. The minimum absolute atomic E-state index is 0. The molecule has 1 aliphatic heterocycles. The van der Waals surface area contributed by atoms with E-state index in [2.05, 4.69) is 79.1 Å². The van der Waals surface area contributed by atoms with Gasteiger partial charge in [0.2, 0.25) is 0 Å². The van der Waals surface area contributed by atoms with E-state index in [0.29, 0.717) is 0 Å². The molecule has 0 amide bonds. The van der Waals surface area contributed by atoms with E-state index >= 15 is 0 Å². The number of nitrogens with one attached hydrogen (secondary N) is 1. The Kier molecular flexibility index (Phi) is 11.8. The smallest absolute Gasteiger partial charge is 0.422 e. The van der Waals surface area contributed by atoms with Gasteiger partial charge in [0, 0.05) is 0 Å². The van der Waals surface area contributed by atoms with Crippen LogP contribution in [-0.2, 0) is 26.5 Å². The number of benzene rings is 1. The second kappa shape index (κ2) is 14.5. The van der Waals surface area contributed by atoms with E-state index in [1.54, 1.807) is 0 Å². The first-order chi connectivity index (χ1) is 17.3. The Balaban J connectivity index is 0.000000262. The van der Waals surface area contributed by atoms with Crippen molar-refractivity contribution in [2.75, 3.05) is 0 Å². The van der Waals surface area contributed by atoms with Gasteiger partial charge in [-0.1, -0.05) is 12.2 Å². The average molecular weight is 672 g/mol. The standard InChI is InChI=1S/C15H21BN6.C8H8.C5H5N.Ir/c1-10-7-13(4)20(17-10)16(21-14(5)8-11(2)18-21)22-15(6)9-12(3)19-22;1-2-8-6-4-3-5-7-8;1-2-4-6-5-3-1;/h7-9H,1-6H3;3-6H,1-2H2;1-4,6H;/q-1;-2;;+3. The van der Waals surface area contributed by atoms with Gasteiger partial charge < -0.3 is 26.0 Å². The minimum atomic E-state index is -0.226. The van der Waals surface area contributed by atoms with Crippen LogP contribution in [0.2, 0.25) is 0 Å². The average Bonchev–Trinajstić information content (AvgIpc) is 3.51. The predicted octanol–water partition coefficient (Wildman–Crippen LogP) is 4.62. The van der Waals surface area contributed by atoms with E-state index in [1.807, 2.05) is 83.2 Å². The summed E-state index contributed by atoms with van der Waals surface area (Å²) in [6.45, 7) is 18.7. The summed E-state index contributed by atoms with van der Waals surface area (Å²) in [5.41, 5.74) is 7.40. The van der Waals surface area contributed by atoms with Gasteiger partial charge in [-0.2, -0.15) is 42.3 Å². The largest absolute Gasteiger partial charge is 3.00 e. The molecule has 193 valence electrons. The zero-order valence-corrected chi connectivity index (χ0v) is 24.8. The van der Waals surface area contributed by atoms with Crippen LogP contribution in [0.15, 0.2) is 66.9 Å². The van der Waals surface area contributed by atoms with Crippen LogP contribution < -0.4 is 5.32 Å². The molecule has 3 aromatic heterocycles. The van der Waals surface area contributed by atoms with E-state index in [9.17, 15) is 0 Å². The molecule has 0 saturated carbocycles. The summed E-state index contributed by atoms with van der Waals surface area (Å²) in [5.74, 6) is 0. The number of allylic oxidation sites excluding steroid dienone is 2. The fourth-order valence-corrected chi connectivity index (χ4v) is 3.84. The quantitative estimate of drug-likeness (QED) is 0.254. The summed E-state index contributed by atoms with van der Waals surface area (Å²) < 4.78 is 5.94. The van der Waals surface area contributed by atoms with Crippen molar-refractivity contribution in [1.82, 2.24) is 34.4 Å². The molecule has 5 rings (SSSR count). The zero-order valence-electron chi connectivity index (χ0n) is 22.4. The third-order valence-corrected chi connectivity index (χ3v) is 5.39. The second-order valence-corrected chi connectivity index (χ2v) is 8.61. The van der Waals surface area contributed by atoms with Gasteiger partial charge in [0.1, 0.15) is 6.54 Å². The molecule has 0 fully saturated rings. The Morgan fingerprint density at radius 3 is 1.57 bits per heavy atom. The molecule has 0 atom stereocenters. The summed E-state index contributed by atoms with van der Waals surface area (Å²) in [4.78, 5) is 0. The number of dihydropyridines is 1. The van der Waals surface area contributed by atoms with Gasteiger partial charge in [-0.3, -0.25) is 0 Å². The molecule has 0 unspecified atom stereocenters. The number of aryl methyl sites for hydroxylation is 6. The van der Waals surface area contributed by atoms with E-state index in [1.165, 1.54) is 5.56 Å². The van der Waals surface area contributed by atoms with E-state index in [0.717, 1.165) is 40.6 Å². The molecule has 4 heterocycles. The Morgan fingerprint density at radius 2 is 1.35 bits per heavy atom. The summed E-state index contributed by atoms with van der Waals surface area (Å²) >= 11 is 0. The Bertz CT molecular complexity index is 1180. The topological polar surface area (TPSA) is 65.5 Å². The third kappa shape index (κ3) is 8.44. The molecule has 1 aliphatic rings. The maximum atomic E-state index is 4.66. The van der Waals surface area contributed by atoms with Crippen molar-refractivity contribution in [1.29, 1.82) is 0 Å². The van der Waals surface area contributed by atoms with Gasteiger partial charge in [0.25, 0.3) is 7.12 Å². The molecule has 9 heteroatoms. The van der Waals surface area contributed by atoms with E-state index in [-0.39, 0.29) is 27.2 Å². The summed E-state index contributed by atoms with van der Waals surface area (Å²) in [6.07, 6.45) is 8.30. The van der Waals surface area contributed by atoms with Crippen molar-refractivity contribution >= 4 is 7.12 Å². The Morgan fingerprint density at radius 1 is 0.838 bits per heavy atom. The minimum Gasteiger partial charge on any atom is -0.422 e. The molecule has 4 aromatic rings. The summed E-state index contributed by atoms with van der Waals surface area (Å²) in [6, 6.07) is 17.2. The Hall–Kier alpha value is -3.16. The van der Waals surface area contributed by atoms with E-state index in [4.69, 9.17) is 0 Å². The van der Waals surface area contributed by atoms with Crippen LogP contribution >= 0.6 is 0 Å². The van der Waals surface area contributed by atoms with Gasteiger partial charge in [-0.15, -0.1) is 0 Å². The van der Waals surface area contributed by atoms with E-state index < -0.39 is 0 Å². The van der Waals surface area contributed by atoms with Gasteiger partial charge in [0.15, 0.2) is 0 Å². The number of hydrogen-bond acceptors (Lipinski definition) is 4. The molecular formula is C28H34BIrN7. The van der Waals surface area contributed by atoms with Crippen LogP contribution in [-0.4, -0.2) is 36.2 Å². The normalized spacial score (nSPS) is 11.7. The molecule has 0 saturated heterocycles. The molecule has 0 aliphatic carbocycles. The van der Waals surface area contributed by atoms with Crippen LogP contribution in [0.1, 0.15) is 39.7 Å². The fourth-order valence-electron chi connectivity index (χ4n) is 3.84. The number of hydrogen-bond donors (Lipinski definition) is 1. The first-order valence-electron chi connectivity index (χ1n) is 12.0. The predicted molar refractivity (Wildman–Crippen MR) is 146 cm³/mol. The molecule has 0 bridgehead atoms. The first kappa shape index (κ1) is 30.1. The molecule has 1 N–H and O–H groups in total. The van der Waals surface area contributed by atoms with Crippen molar-refractivity contribution < 1.29 is 20.1 Å². The zero-order chi connectivity index (χ0) is 26.1. The van der Waals surface area contributed by atoms with Crippen molar-refractivity contribution in [3.05, 3.63) is 126 Å². The molecule has 3 radical (unpaired) electrons. The molecule has 7 nitrogen and oxygen atoms in total. The van der Waals surface area contributed by atoms with Crippen molar-refractivity contribution in [3.8, 4) is 0 Å². The number of nitrogens with zero attached hydrogens (tertiary/aromatic N) is 6. The fraction of sp³-hybridized carbons (Fsp3) is 0.250. The summed E-state index contributed by atoms with van der Waals surface area (Å²) in [7, 11) is -0.226. The van der Waals surface area contributed by atoms with Crippen LogP contribution in [0.5, 0.6) is 0 Å². The third-order valence-electron chi connectivity index (χ3n) is 5.39. The van der Waals surface area contributed by atoms with Gasteiger partial charge >= 0.3 is 20.1 Å². The molecule has 1 aromatic carbocycles. The van der Waals surface area contributed by atoms with Crippen LogP contribution in [0, 0.1) is 61.1 Å². The van der Waals surface area contributed by atoms with Crippen LogP contribution in [0.3, 0.4) is 0 Å². The van der Waals surface area contributed by atoms with Crippen molar-refractivity contribution in [2.24, 2.45) is 0 Å². The molecule has 37 heavy (non-hydrogen) atoms. The first-order valence-corrected chi connectivity index (χ1v) is 12.0. The molecular weight excluding hydrogens is 637 g/mol. The number of aromatic nitrogens is 6. The van der Waals surface area contributed by atoms with Crippen LogP contribution in [0.4, 0.5) is 0 Å². The van der Waals surface area contributed by atoms with Crippen LogP contribution in [0.25, 0.3) is 0 Å². The number of rotatable bonds is 4. The molecule has 0 spiro atoms. The van der Waals surface area contributed by atoms with Gasteiger partial charge in [0.05, 0.1) is 17.1 Å². The van der Waals surface area contributed by atoms with Gasteiger partial charge in [-0.05, 0) is 89.1 Å². The van der Waals surface area contributed by atoms with Crippen molar-refractivity contribution in [3.63, 3.8) is 0 Å². The maximum absolute atomic E-state index is 4.66.